The van der Waals surface area contributed by atoms with Crippen molar-refractivity contribution in [3.63, 3.8) is 0 Å². The smallest absolute Gasteiger partial charge is 0.302 e. The third-order valence-corrected chi connectivity index (χ3v) is 3.49. The lowest BCUT2D eigenvalue weighted by molar-refractivity contribution is 0.250. The first-order valence-corrected chi connectivity index (χ1v) is 7.48. The van der Waals surface area contributed by atoms with Crippen molar-refractivity contribution >= 4 is 51.0 Å². The Labute approximate surface area is 129 Å². The van der Waals surface area contributed by atoms with Crippen LogP contribution in [-0.4, -0.2) is 20.3 Å². The van der Waals surface area contributed by atoms with E-state index in [-0.39, 0.29) is 21.7 Å². The zero-order valence-electron chi connectivity index (χ0n) is 10.0. The molecule has 0 unspecified atom stereocenters. The average Bonchev–Trinajstić information content (AvgIpc) is 2.72. The summed E-state index contributed by atoms with van der Waals surface area (Å²) in [6.45, 7) is 0. The number of halogens is 3. The Morgan fingerprint density at radius 3 is 2.38 bits per heavy atom. The lowest BCUT2D eigenvalue weighted by atomic mass is 10.3. The molecule has 0 saturated carbocycles. The van der Waals surface area contributed by atoms with Crippen molar-refractivity contribution in [2.75, 3.05) is 4.72 Å². The summed E-state index contributed by atoms with van der Waals surface area (Å²) in [5, 5.41) is 4.32. The molecule has 3 N–H and O–H groups in total. The number of benzene rings is 1. The number of anilines is 1. The summed E-state index contributed by atoms with van der Waals surface area (Å²) in [4.78, 5) is 11.1. The molecule has 1 aromatic rings. The van der Waals surface area contributed by atoms with Gasteiger partial charge in [-0.2, -0.15) is 8.42 Å². The van der Waals surface area contributed by atoms with E-state index in [1.165, 1.54) is 12.1 Å². The molecular formula is C10H7Cl2FN4O3S. The number of amidine groups is 1. The van der Waals surface area contributed by atoms with E-state index in [0.29, 0.717) is 0 Å². The van der Waals surface area contributed by atoms with Crippen LogP contribution in [0.4, 0.5) is 14.9 Å². The molecule has 0 bridgehead atoms. The van der Waals surface area contributed by atoms with Gasteiger partial charge in [-0.3, -0.25) is 10.0 Å². The molecule has 7 nitrogen and oxygen atoms in total. The molecule has 1 heterocycles. The zero-order valence-corrected chi connectivity index (χ0v) is 12.4. The summed E-state index contributed by atoms with van der Waals surface area (Å²) in [5.41, 5.74) is -0.0617. The van der Waals surface area contributed by atoms with Crippen LogP contribution < -0.4 is 15.4 Å². The van der Waals surface area contributed by atoms with Crippen molar-refractivity contribution in [2.24, 2.45) is 4.40 Å². The molecule has 2 amide bonds. The van der Waals surface area contributed by atoms with Gasteiger partial charge in [0.15, 0.2) is 5.84 Å². The summed E-state index contributed by atoms with van der Waals surface area (Å²) < 4.78 is 41.5. The Hall–Kier alpha value is -1.84. The summed E-state index contributed by atoms with van der Waals surface area (Å²) in [7, 11) is -4.21. The predicted octanol–water partition coefficient (Wildman–Crippen LogP) is 1.84. The quantitative estimate of drug-likeness (QED) is 0.773. The van der Waals surface area contributed by atoms with Crippen LogP contribution in [0.3, 0.4) is 0 Å². The Bertz CT molecular complexity index is 742. The Morgan fingerprint density at radius 2 is 1.81 bits per heavy atom. The fourth-order valence-electron chi connectivity index (χ4n) is 1.39. The van der Waals surface area contributed by atoms with E-state index in [9.17, 15) is 17.6 Å². The van der Waals surface area contributed by atoms with Crippen LogP contribution in [0, 0.1) is 5.82 Å². The molecule has 11 heteroatoms. The Morgan fingerprint density at radius 1 is 1.19 bits per heavy atom. The second kappa shape index (κ2) is 5.88. The molecule has 0 radical (unpaired) electrons. The van der Waals surface area contributed by atoms with Gasteiger partial charge in [-0.1, -0.05) is 23.2 Å². The highest BCUT2D eigenvalue weighted by Crippen LogP contribution is 2.17. The fourth-order valence-corrected chi connectivity index (χ4v) is 2.52. The fraction of sp³-hybridized carbons (Fsp3) is 0. The van der Waals surface area contributed by atoms with Crippen LogP contribution >= 0.6 is 23.2 Å². The maximum absolute atomic E-state index is 12.7. The molecule has 0 aromatic heterocycles. The molecule has 1 saturated heterocycles. The van der Waals surface area contributed by atoms with Gasteiger partial charge in [-0.25, -0.2) is 9.18 Å². The minimum absolute atomic E-state index is 0.0977. The van der Waals surface area contributed by atoms with Crippen LogP contribution in [-0.2, 0) is 10.2 Å². The number of rotatable bonds is 3. The first kappa shape index (κ1) is 15.5. The van der Waals surface area contributed by atoms with Gasteiger partial charge in [0.05, 0.1) is 5.69 Å². The van der Waals surface area contributed by atoms with Gasteiger partial charge in [0.2, 0.25) is 0 Å². The number of urea groups is 1. The maximum Gasteiger partial charge on any atom is 0.344 e. The van der Waals surface area contributed by atoms with Gasteiger partial charge in [0.25, 0.3) is 0 Å². The first-order chi connectivity index (χ1) is 9.77. The van der Waals surface area contributed by atoms with Gasteiger partial charge >= 0.3 is 16.2 Å². The molecule has 0 spiro atoms. The van der Waals surface area contributed by atoms with Crippen molar-refractivity contribution in [1.29, 1.82) is 0 Å². The number of carbonyl (C=O) groups is 1. The maximum atomic E-state index is 12.7. The first-order valence-electron chi connectivity index (χ1n) is 5.29. The molecule has 112 valence electrons. The molecule has 1 aliphatic rings. The Kier molecular flexibility index (Phi) is 4.35. The SMILES string of the molecule is O=C1NC(=C(Cl)Cl)/C(=N/S(=O)(=O)Nc2ccc(F)cc2)N1. The van der Waals surface area contributed by atoms with Gasteiger partial charge < -0.3 is 5.32 Å². The highest BCUT2D eigenvalue weighted by atomic mass is 35.5. The van der Waals surface area contributed by atoms with Gasteiger partial charge in [-0.15, -0.1) is 4.40 Å². The van der Waals surface area contributed by atoms with E-state index in [1.54, 1.807) is 0 Å². The minimum atomic E-state index is -4.21. The van der Waals surface area contributed by atoms with Crippen molar-refractivity contribution < 1.29 is 17.6 Å². The number of nitrogens with zero attached hydrogens (tertiary/aromatic N) is 1. The molecule has 1 aliphatic heterocycles. The van der Waals surface area contributed by atoms with Gasteiger partial charge in [0.1, 0.15) is 16.0 Å². The van der Waals surface area contributed by atoms with Crippen LogP contribution in [0.2, 0.25) is 0 Å². The van der Waals surface area contributed by atoms with Gasteiger partial charge in [0, 0.05) is 0 Å². The van der Waals surface area contributed by atoms with Crippen molar-refractivity contribution in [3.05, 3.63) is 40.3 Å². The molecule has 0 aliphatic carbocycles. The largest absolute Gasteiger partial charge is 0.344 e. The second-order valence-electron chi connectivity index (χ2n) is 3.74. The van der Waals surface area contributed by atoms with E-state index in [4.69, 9.17) is 23.2 Å². The molecular weight excluding hydrogens is 346 g/mol. The van der Waals surface area contributed by atoms with E-state index >= 15 is 0 Å². The normalized spacial score (nSPS) is 16.6. The molecule has 1 aromatic carbocycles. The second-order valence-corrected chi connectivity index (χ2v) is 6.02. The zero-order chi connectivity index (χ0) is 15.6. The van der Waals surface area contributed by atoms with E-state index in [2.05, 4.69) is 19.8 Å². The van der Waals surface area contributed by atoms with Crippen molar-refractivity contribution in [1.82, 2.24) is 10.6 Å². The third-order valence-electron chi connectivity index (χ3n) is 2.20. The van der Waals surface area contributed by atoms with Crippen molar-refractivity contribution in [2.45, 2.75) is 0 Å². The topological polar surface area (TPSA) is 99.7 Å². The highest BCUT2D eigenvalue weighted by molar-refractivity contribution is 7.91. The summed E-state index contributed by atoms with van der Waals surface area (Å²) in [5.74, 6) is -0.870. The van der Waals surface area contributed by atoms with Crippen LogP contribution in [0.5, 0.6) is 0 Å². The highest BCUT2D eigenvalue weighted by Gasteiger charge is 2.26. The Balaban J connectivity index is 2.28. The lowest BCUT2D eigenvalue weighted by Crippen LogP contribution is -2.24. The average molecular weight is 353 g/mol. The standard InChI is InChI=1S/C10H7Cl2FN4O3S/c11-8(12)7-9(15-10(18)14-7)17-21(19,20)16-6-3-1-5(13)2-4-6/h1-4,16H,(H2,14,15,17,18). The molecule has 2 rings (SSSR count). The summed E-state index contributed by atoms with van der Waals surface area (Å²) in [6.07, 6.45) is 0. The molecule has 1 fully saturated rings. The lowest BCUT2D eigenvalue weighted by Gasteiger charge is -2.04. The number of hydrogen-bond donors (Lipinski definition) is 3. The third kappa shape index (κ3) is 4.06. The summed E-state index contributed by atoms with van der Waals surface area (Å²) >= 11 is 11.0. The van der Waals surface area contributed by atoms with Gasteiger partial charge in [-0.05, 0) is 24.3 Å². The number of carbonyl (C=O) groups excluding carboxylic acids is 1. The monoisotopic (exact) mass is 352 g/mol. The van der Waals surface area contributed by atoms with E-state index < -0.39 is 22.1 Å². The van der Waals surface area contributed by atoms with Crippen molar-refractivity contribution in [3.8, 4) is 0 Å². The minimum Gasteiger partial charge on any atom is -0.302 e. The summed E-state index contributed by atoms with van der Waals surface area (Å²) in [6, 6.07) is 3.85. The predicted molar refractivity (Wildman–Crippen MR) is 76.8 cm³/mol. The molecule has 21 heavy (non-hydrogen) atoms. The number of hydrogen-bond acceptors (Lipinski definition) is 3. The molecule has 0 atom stereocenters. The van der Waals surface area contributed by atoms with Crippen LogP contribution in [0.25, 0.3) is 0 Å². The van der Waals surface area contributed by atoms with Crippen LogP contribution in [0.15, 0.2) is 38.9 Å². The van der Waals surface area contributed by atoms with E-state index in [0.717, 1.165) is 12.1 Å². The number of nitrogens with one attached hydrogen (secondary N) is 3. The van der Waals surface area contributed by atoms with E-state index in [1.807, 2.05) is 0 Å². The van der Waals surface area contributed by atoms with Crippen LogP contribution in [0.1, 0.15) is 0 Å². The number of amides is 2.